The van der Waals surface area contributed by atoms with Crippen LogP contribution >= 0.6 is 0 Å². The topological polar surface area (TPSA) is 64.3 Å². The highest BCUT2D eigenvalue weighted by atomic mass is 19.1. The minimum absolute atomic E-state index is 0.0474. The van der Waals surface area contributed by atoms with Crippen LogP contribution in [0.15, 0.2) is 24.3 Å². The molecule has 1 aromatic rings. The zero-order valence-electron chi connectivity index (χ0n) is 13.1. The second-order valence-corrected chi connectivity index (χ2v) is 6.94. The summed E-state index contributed by atoms with van der Waals surface area (Å²) in [5.74, 6) is -0.420. The lowest BCUT2D eigenvalue weighted by Gasteiger charge is -2.65. The van der Waals surface area contributed by atoms with Gasteiger partial charge in [-0.15, -0.1) is 0 Å². The van der Waals surface area contributed by atoms with Crippen molar-refractivity contribution in [3.63, 3.8) is 0 Å². The van der Waals surface area contributed by atoms with E-state index >= 15 is 0 Å². The van der Waals surface area contributed by atoms with E-state index in [-0.39, 0.29) is 30.3 Å². The molecule has 2 aliphatic rings. The summed E-state index contributed by atoms with van der Waals surface area (Å²) >= 11 is 0. The second kappa shape index (κ2) is 5.32. The number of nitrogens with two attached hydrogens (primary N) is 1. The van der Waals surface area contributed by atoms with Gasteiger partial charge in [0.05, 0.1) is 6.10 Å². The van der Waals surface area contributed by atoms with Crippen molar-refractivity contribution in [2.24, 2.45) is 17.1 Å². The molecule has 0 radical (unpaired) electrons. The standard InChI is InChI=1S/C17H23FN2O2/c1-16(2)14-13(7-4-8-22-14)17(16,19)15(21)20-10-11-5-3-6-12(18)9-11/h3,5-6,9,13-14H,4,7-8,10,19H2,1-2H3,(H,20,21). The molecule has 3 N–H and O–H groups in total. The monoisotopic (exact) mass is 306 g/mol. The molecule has 0 spiro atoms. The minimum Gasteiger partial charge on any atom is -0.377 e. The highest BCUT2D eigenvalue weighted by molar-refractivity contribution is 5.89. The molecule has 1 heterocycles. The lowest BCUT2D eigenvalue weighted by molar-refractivity contribution is -0.225. The Morgan fingerprint density at radius 1 is 1.50 bits per heavy atom. The largest absolute Gasteiger partial charge is 0.377 e. The van der Waals surface area contributed by atoms with Gasteiger partial charge in [0.15, 0.2) is 0 Å². The van der Waals surface area contributed by atoms with Gasteiger partial charge in [-0.2, -0.15) is 0 Å². The zero-order chi connectivity index (χ0) is 16.0. The molecule has 4 nitrogen and oxygen atoms in total. The van der Waals surface area contributed by atoms with Crippen molar-refractivity contribution < 1.29 is 13.9 Å². The number of fused-ring (bicyclic) bond motifs is 1. The second-order valence-electron chi connectivity index (χ2n) is 6.94. The van der Waals surface area contributed by atoms with Crippen molar-refractivity contribution >= 4 is 5.91 Å². The average Bonchev–Trinajstić information content (AvgIpc) is 2.51. The maximum atomic E-state index is 13.2. The number of carbonyl (C=O) groups is 1. The van der Waals surface area contributed by atoms with E-state index in [0.29, 0.717) is 0 Å². The Bertz CT molecular complexity index is 590. The predicted molar refractivity (Wildman–Crippen MR) is 81.4 cm³/mol. The van der Waals surface area contributed by atoms with Gasteiger partial charge in [0.25, 0.3) is 0 Å². The first-order chi connectivity index (χ1) is 10.4. The van der Waals surface area contributed by atoms with Crippen LogP contribution in [-0.4, -0.2) is 24.2 Å². The van der Waals surface area contributed by atoms with E-state index in [4.69, 9.17) is 10.5 Å². The van der Waals surface area contributed by atoms with E-state index in [1.54, 1.807) is 12.1 Å². The van der Waals surface area contributed by atoms with E-state index in [1.807, 2.05) is 13.8 Å². The van der Waals surface area contributed by atoms with Crippen molar-refractivity contribution in [3.8, 4) is 0 Å². The number of carbonyl (C=O) groups excluding carboxylic acids is 1. The van der Waals surface area contributed by atoms with Gasteiger partial charge in [-0.1, -0.05) is 26.0 Å². The number of halogens is 1. The molecule has 3 atom stereocenters. The molecule has 2 fully saturated rings. The van der Waals surface area contributed by atoms with Gasteiger partial charge in [-0.25, -0.2) is 4.39 Å². The molecule has 1 aromatic carbocycles. The molecular formula is C17H23FN2O2. The Balaban J connectivity index is 1.71. The molecule has 0 aromatic heterocycles. The van der Waals surface area contributed by atoms with Crippen LogP contribution in [0.25, 0.3) is 0 Å². The van der Waals surface area contributed by atoms with Crippen LogP contribution in [0.3, 0.4) is 0 Å². The summed E-state index contributed by atoms with van der Waals surface area (Å²) in [6, 6.07) is 6.22. The number of nitrogens with one attached hydrogen (secondary N) is 1. The maximum Gasteiger partial charge on any atom is 0.241 e. The summed E-state index contributed by atoms with van der Waals surface area (Å²) in [6.07, 6.45) is 1.90. The van der Waals surface area contributed by atoms with Crippen molar-refractivity contribution in [2.45, 2.75) is 44.9 Å². The molecule has 5 heteroatoms. The maximum absolute atomic E-state index is 13.2. The number of benzene rings is 1. The fraction of sp³-hybridized carbons (Fsp3) is 0.588. The summed E-state index contributed by atoms with van der Waals surface area (Å²) in [6.45, 7) is 5.00. The Kier molecular flexibility index (Phi) is 3.73. The third-order valence-corrected chi connectivity index (χ3v) is 5.40. The molecule has 120 valence electrons. The molecule has 0 bridgehead atoms. The lowest BCUT2D eigenvalue weighted by Crippen LogP contribution is -2.82. The van der Waals surface area contributed by atoms with Gasteiger partial charge >= 0.3 is 0 Å². The van der Waals surface area contributed by atoms with Gasteiger partial charge in [-0.05, 0) is 30.5 Å². The summed E-state index contributed by atoms with van der Waals surface area (Å²) in [7, 11) is 0. The van der Waals surface area contributed by atoms with Gasteiger partial charge in [-0.3, -0.25) is 4.79 Å². The van der Waals surface area contributed by atoms with Crippen molar-refractivity contribution in [3.05, 3.63) is 35.6 Å². The molecule has 22 heavy (non-hydrogen) atoms. The van der Waals surface area contributed by atoms with Gasteiger partial charge in [0.1, 0.15) is 11.4 Å². The summed E-state index contributed by atoms with van der Waals surface area (Å²) in [5, 5.41) is 2.87. The lowest BCUT2D eigenvalue weighted by atomic mass is 9.46. The fourth-order valence-electron chi connectivity index (χ4n) is 4.01. The first-order valence-corrected chi connectivity index (χ1v) is 7.80. The zero-order valence-corrected chi connectivity index (χ0v) is 13.1. The normalized spacial score (nSPS) is 32.7. The van der Waals surface area contributed by atoms with Crippen LogP contribution in [0, 0.1) is 17.2 Å². The van der Waals surface area contributed by atoms with E-state index in [0.717, 1.165) is 25.0 Å². The van der Waals surface area contributed by atoms with E-state index in [1.165, 1.54) is 12.1 Å². The number of hydrogen-bond donors (Lipinski definition) is 2. The number of hydrogen-bond acceptors (Lipinski definition) is 3. The third kappa shape index (κ3) is 2.15. The summed E-state index contributed by atoms with van der Waals surface area (Å²) in [5.41, 5.74) is 5.91. The molecule has 3 unspecified atom stereocenters. The smallest absolute Gasteiger partial charge is 0.241 e. The van der Waals surface area contributed by atoms with Crippen LogP contribution in [0.5, 0.6) is 0 Å². The van der Waals surface area contributed by atoms with Crippen LogP contribution in [0.2, 0.25) is 0 Å². The molecule has 3 rings (SSSR count). The number of ether oxygens (including phenoxy) is 1. The Hall–Kier alpha value is -1.46. The van der Waals surface area contributed by atoms with Crippen molar-refractivity contribution in [1.29, 1.82) is 0 Å². The number of amides is 1. The first-order valence-electron chi connectivity index (χ1n) is 7.80. The molecule has 1 saturated carbocycles. The quantitative estimate of drug-likeness (QED) is 0.897. The van der Waals surface area contributed by atoms with Gasteiger partial charge in [0.2, 0.25) is 5.91 Å². The molecule has 1 aliphatic heterocycles. The van der Waals surface area contributed by atoms with Crippen LogP contribution in [-0.2, 0) is 16.1 Å². The molecule has 1 amide bonds. The highest BCUT2D eigenvalue weighted by Crippen LogP contribution is 2.57. The predicted octanol–water partition coefficient (Wildman–Crippen LogP) is 1.97. The average molecular weight is 306 g/mol. The Labute approximate surface area is 130 Å². The van der Waals surface area contributed by atoms with Crippen molar-refractivity contribution in [2.75, 3.05) is 6.61 Å². The first kappa shape index (κ1) is 15.4. The summed E-state index contributed by atoms with van der Waals surface area (Å²) < 4.78 is 19.0. The molecule has 1 aliphatic carbocycles. The Morgan fingerprint density at radius 2 is 2.27 bits per heavy atom. The Morgan fingerprint density at radius 3 is 3.00 bits per heavy atom. The summed E-state index contributed by atoms with van der Waals surface area (Å²) in [4.78, 5) is 12.7. The van der Waals surface area contributed by atoms with Gasteiger partial charge in [0, 0.05) is 24.5 Å². The minimum atomic E-state index is -0.925. The van der Waals surface area contributed by atoms with Crippen LogP contribution < -0.4 is 11.1 Å². The fourth-order valence-corrected chi connectivity index (χ4v) is 4.01. The number of rotatable bonds is 3. The van der Waals surface area contributed by atoms with Crippen LogP contribution in [0.1, 0.15) is 32.3 Å². The van der Waals surface area contributed by atoms with Gasteiger partial charge < -0.3 is 15.8 Å². The van der Waals surface area contributed by atoms with Crippen molar-refractivity contribution in [1.82, 2.24) is 5.32 Å². The third-order valence-electron chi connectivity index (χ3n) is 5.40. The van der Waals surface area contributed by atoms with E-state index in [9.17, 15) is 9.18 Å². The molecule has 1 saturated heterocycles. The van der Waals surface area contributed by atoms with E-state index < -0.39 is 11.0 Å². The SMILES string of the molecule is CC1(C)C2OCCCC2C1(N)C(=O)NCc1cccc(F)c1. The molecular weight excluding hydrogens is 283 g/mol. The van der Waals surface area contributed by atoms with Crippen LogP contribution in [0.4, 0.5) is 4.39 Å². The van der Waals surface area contributed by atoms with E-state index in [2.05, 4.69) is 5.32 Å². The highest BCUT2D eigenvalue weighted by Gasteiger charge is 2.70.